The fraction of sp³-hybridized carbons (Fsp3) is 0.0741. The average Bonchev–Trinajstić information content (AvgIpc) is 2.80. The molecule has 4 aromatic carbocycles. The fourth-order valence-corrected chi connectivity index (χ4v) is 4.09. The molecule has 5 heteroatoms. The Hall–Kier alpha value is -4.25. The minimum atomic E-state index is -0.168. The molecule has 0 aliphatic rings. The highest BCUT2D eigenvalue weighted by molar-refractivity contribution is 6.13. The van der Waals surface area contributed by atoms with Crippen LogP contribution in [0.25, 0.3) is 27.4 Å². The van der Waals surface area contributed by atoms with E-state index in [1.165, 1.54) is 0 Å². The van der Waals surface area contributed by atoms with Crippen LogP contribution in [-0.2, 0) is 0 Å². The maximum absolute atomic E-state index is 13.1. The number of carbonyl (C=O) groups is 1. The number of aryl methyl sites for hydroxylation is 2. The molecular weight excluding hydrogens is 398 g/mol. The van der Waals surface area contributed by atoms with Crippen LogP contribution in [0.15, 0.2) is 89.7 Å². The highest BCUT2D eigenvalue weighted by Crippen LogP contribution is 2.23. The molecule has 1 N–H and O–H groups in total. The van der Waals surface area contributed by atoms with Gasteiger partial charge in [0.15, 0.2) is 0 Å². The van der Waals surface area contributed by atoms with Crippen LogP contribution in [0, 0.1) is 13.8 Å². The van der Waals surface area contributed by atoms with E-state index in [1.807, 2.05) is 92.7 Å². The number of amides is 1. The first-order valence-electron chi connectivity index (χ1n) is 10.4. The van der Waals surface area contributed by atoms with E-state index in [9.17, 15) is 9.59 Å². The molecule has 0 saturated carbocycles. The van der Waals surface area contributed by atoms with Crippen LogP contribution in [0.4, 0.5) is 5.69 Å². The van der Waals surface area contributed by atoms with Crippen LogP contribution < -0.4 is 10.9 Å². The minimum absolute atomic E-state index is 0.111. The molecule has 5 aromatic rings. The second-order valence-corrected chi connectivity index (χ2v) is 7.80. The van der Waals surface area contributed by atoms with Gasteiger partial charge in [0.1, 0.15) is 5.82 Å². The molecule has 0 spiro atoms. The van der Waals surface area contributed by atoms with Crippen molar-refractivity contribution in [1.29, 1.82) is 0 Å². The summed E-state index contributed by atoms with van der Waals surface area (Å²) in [5.41, 5.74) is 3.47. The van der Waals surface area contributed by atoms with Gasteiger partial charge in [0.05, 0.1) is 16.6 Å². The molecule has 0 unspecified atom stereocenters. The molecule has 5 nitrogen and oxygen atoms in total. The Bertz CT molecular complexity index is 1560. The predicted molar refractivity (Wildman–Crippen MR) is 129 cm³/mol. The van der Waals surface area contributed by atoms with Crippen LogP contribution >= 0.6 is 0 Å². The van der Waals surface area contributed by atoms with E-state index in [4.69, 9.17) is 0 Å². The third kappa shape index (κ3) is 3.34. The van der Waals surface area contributed by atoms with E-state index >= 15 is 0 Å². The first kappa shape index (κ1) is 19.7. The Morgan fingerprint density at radius 2 is 1.56 bits per heavy atom. The zero-order valence-electron chi connectivity index (χ0n) is 17.8. The van der Waals surface area contributed by atoms with Gasteiger partial charge in [-0.2, -0.15) is 0 Å². The molecule has 32 heavy (non-hydrogen) atoms. The Kier molecular flexibility index (Phi) is 4.79. The van der Waals surface area contributed by atoms with Gasteiger partial charge in [-0.25, -0.2) is 4.98 Å². The maximum atomic E-state index is 13.1. The Morgan fingerprint density at radius 3 is 2.38 bits per heavy atom. The number of hydrogen-bond donors (Lipinski definition) is 1. The Balaban J connectivity index is 1.51. The van der Waals surface area contributed by atoms with Crippen LogP contribution in [0.3, 0.4) is 0 Å². The largest absolute Gasteiger partial charge is 0.322 e. The van der Waals surface area contributed by atoms with E-state index in [0.717, 1.165) is 16.3 Å². The molecule has 0 aliphatic carbocycles. The van der Waals surface area contributed by atoms with Gasteiger partial charge < -0.3 is 5.32 Å². The molecule has 1 amide bonds. The zero-order valence-corrected chi connectivity index (χ0v) is 17.8. The number of carbonyl (C=O) groups excluding carboxylic acids is 1. The first-order valence-corrected chi connectivity index (χ1v) is 10.4. The van der Waals surface area contributed by atoms with Crippen LogP contribution in [0.5, 0.6) is 0 Å². The van der Waals surface area contributed by atoms with Crippen molar-refractivity contribution in [1.82, 2.24) is 9.55 Å². The SMILES string of the molecule is Cc1cc(-n2c(C)nc3ccccc3c2=O)ccc1NC(=O)c1cccc2ccccc12. The lowest BCUT2D eigenvalue weighted by Gasteiger charge is -2.14. The van der Waals surface area contributed by atoms with E-state index in [-0.39, 0.29) is 11.5 Å². The van der Waals surface area contributed by atoms with Crippen LogP contribution in [0.1, 0.15) is 21.7 Å². The van der Waals surface area contributed by atoms with Crippen molar-refractivity contribution in [2.45, 2.75) is 13.8 Å². The smallest absolute Gasteiger partial charge is 0.265 e. The number of rotatable bonds is 3. The zero-order chi connectivity index (χ0) is 22.2. The summed E-state index contributed by atoms with van der Waals surface area (Å²) in [6, 6.07) is 26.4. The summed E-state index contributed by atoms with van der Waals surface area (Å²) in [6.07, 6.45) is 0. The topological polar surface area (TPSA) is 64.0 Å². The van der Waals surface area contributed by atoms with Gasteiger partial charge in [0.2, 0.25) is 0 Å². The highest BCUT2D eigenvalue weighted by Gasteiger charge is 2.14. The molecule has 0 saturated heterocycles. The summed E-state index contributed by atoms with van der Waals surface area (Å²) in [7, 11) is 0. The van der Waals surface area contributed by atoms with Crippen molar-refractivity contribution in [2.75, 3.05) is 5.32 Å². The Morgan fingerprint density at radius 1 is 0.844 bits per heavy atom. The number of benzene rings is 4. The third-order valence-corrected chi connectivity index (χ3v) is 5.69. The molecule has 0 radical (unpaired) electrons. The van der Waals surface area contributed by atoms with Gasteiger partial charge >= 0.3 is 0 Å². The lowest BCUT2D eigenvalue weighted by atomic mass is 10.0. The number of nitrogens with one attached hydrogen (secondary N) is 1. The molecule has 1 aromatic heterocycles. The summed E-state index contributed by atoms with van der Waals surface area (Å²) >= 11 is 0. The predicted octanol–water partition coefficient (Wildman–Crippen LogP) is 5.41. The summed E-state index contributed by atoms with van der Waals surface area (Å²) < 4.78 is 1.60. The van der Waals surface area contributed by atoms with Gasteiger partial charge in [-0.1, -0.05) is 48.5 Å². The molecular formula is C27H21N3O2. The number of fused-ring (bicyclic) bond motifs is 2. The van der Waals surface area contributed by atoms with Crippen molar-refractivity contribution in [3.05, 3.63) is 112 Å². The van der Waals surface area contributed by atoms with Crippen molar-refractivity contribution in [3.63, 3.8) is 0 Å². The number of hydrogen-bond acceptors (Lipinski definition) is 3. The normalized spacial score (nSPS) is 11.1. The van der Waals surface area contributed by atoms with Crippen molar-refractivity contribution < 1.29 is 4.79 Å². The highest BCUT2D eigenvalue weighted by atomic mass is 16.1. The third-order valence-electron chi connectivity index (χ3n) is 5.69. The monoisotopic (exact) mass is 419 g/mol. The molecule has 0 atom stereocenters. The van der Waals surface area contributed by atoms with Gasteiger partial charge in [0, 0.05) is 11.3 Å². The molecule has 5 rings (SSSR count). The van der Waals surface area contributed by atoms with E-state index in [1.54, 1.807) is 10.6 Å². The quantitative estimate of drug-likeness (QED) is 0.425. The van der Waals surface area contributed by atoms with Crippen molar-refractivity contribution in [2.24, 2.45) is 0 Å². The van der Waals surface area contributed by atoms with E-state index in [2.05, 4.69) is 10.3 Å². The van der Waals surface area contributed by atoms with Crippen LogP contribution in [-0.4, -0.2) is 15.5 Å². The van der Waals surface area contributed by atoms with E-state index in [0.29, 0.717) is 33.7 Å². The van der Waals surface area contributed by atoms with Gasteiger partial charge in [-0.3, -0.25) is 14.2 Å². The number of nitrogens with zero attached hydrogens (tertiary/aromatic N) is 2. The lowest BCUT2D eigenvalue weighted by molar-refractivity contribution is 0.102. The second kappa shape index (κ2) is 7.78. The second-order valence-electron chi connectivity index (χ2n) is 7.80. The van der Waals surface area contributed by atoms with E-state index < -0.39 is 0 Å². The van der Waals surface area contributed by atoms with Gasteiger partial charge in [-0.05, 0) is 66.6 Å². The summed E-state index contributed by atoms with van der Waals surface area (Å²) in [4.78, 5) is 30.7. The average molecular weight is 419 g/mol. The molecule has 1 heterocycles. The maximum Gasteiger partial charge on any atom is 0.265 e. The number of para-hydroxylation sites is 1. The molecule has 0 aliphatic heterocycles. The molecule has 156 valence electrons. The van der Waals surface area contributed by atoms with Crippen molar-refractivity contribution in [3.8, 4) is 5.69 Å². The summed E-state index contributed by atoms with van der Waals surface area (Å²) in [5, 5.41) is 5.52. The first-order chi connectivity index (χ1) is 15.5. The van der Waals surface area contributed by atoms with Gasteiger partial charge in [-0.15, -0.1) is 0 Å². The summed E-state index contributed by atoms with van der Waals surface area (Å²) in [6.45, 7) is 3.73. The molecule has 0 bridgehead atoms. The standard InChI is InChI=1S/C27H21N3O2/c1-17-16-20(30-18(2)28-25-13-6-5-11-23(25)27(30)32)14-15-24(17)29-26(31)22-12-7-9-19-8-3-4-10-21(19)22/h3-16H,1-2H3,(H,29,31). The van der Waals surface area contributed by atoms with Crippen molar-refractivity contribution >= 4 is 33.3 Å². The fourth-order valence-electron chi connectivity index (χ4n) is 4.09. The van der Waals surface area contributed by atoms with Gasteiger partial charge in [0.25, 0.3) is 11.5 Å². The van der Waals surface area contributed by atoms with Crippen LogP contribution in [0.2, 0.25) is 0 Å². The number of aromatic nitrogens is 2. The molecule has 0 fully saturated rings. The number of anilines is 1. The minimum Gasteiger partial charge on any atom is -0.322 e. The summed E-state index contributed by atoms with van der Waals surface area (Å²) in [5.74, 6) is 0.444. The Labute approximate surface area is 185 Å². The lowest BCUT2D eigenvalue weighted by Crippen LogP contribution is -2.22.